The molecular weight excluding hydrogens is 218 g/mol. The first-order chi connectivity index (χ1) is 8.36. The molecule has 0 amide bonds. The molecule has 2 aromatic heterocycles. The van der Waals surface area contributed by atoms with Gasteiger partial charge in [-0.2, -0.15) is 4.52 Å². The lowest BCUT2D eigenvalue weighted by atomic mass is 10.4. The van der Waals surface area contributed by atoms with Crippen LogP contribution in [0.15, 0.2) is 12.4 Å². The van der Waals surface area contributed by atoms with Crippen LogP contribution >= 0.6 is 0 Å². The van der Waals surface area contributed by atoms with Crippen molar-refractivity contribution in [3.8, 4) is 0 Å². The molecule has 2 heterocycles. The molecule has 0 atom stereocenters. The minimum absolute atomic E-state index is 0.671. The van der Waals surface area contributed by atoms with Gasteiger partial charge in [0.25, 0.3) is 0 Å². The van der Waals surface area contributed by atoms with Crippen LogP contribution in [0.25, 0.3) is 5.65 Å². The second kappa shape index (κ2) is 5.53. The van der Waals surface area contributed by atoms with Gasteiger partial charge in [-0.3, -0.25) is 4.98 Å². The molecule has 1 N–H and O–H groups in total. The minimum atomic E-state index is 0.671. The lowest BCUT2D eigenvalue weighted by Gasteiger charge is -2.22. The molecule has 7 heteroatoms. The molecule has 0 saturated carbocycles. The van der Waals surface area contributed by atoms with Crippen LogP contribution in [-0.4, -0.2) is 51.2 Å². The zero-order valence-electron chi connectivity index (χ0n) is 10.2. The topological polar surface area (TPSA) is 71.2 Å². The van der Waals surface area contributed by atoms with Crippen LogP contribution in [0.5, 0.6) is 0 Å². The standard InChI is InChI=1S/C10H17N7/c1-3-11-5-6-16(4-2)10-8-12-7-9-13-14-15-17(9)10/h7-8,11H,3-6H2,1-2H3. The van der Waals surface area contributed by atoms with Gasteiger partial charge in [-0.1, -0.05) is 6.92 Å². The predicted octanol–water partition coefficient (Wildman–Crippen LogP) is -0.0449. The van der Waals surface area contributed by atoms with Crippen molar-refractivity contribution in [2.75, 3.05) is 31.1 Å². The first-order valence-corrected chi connectivity index (χ1v) is 5.84. The average molecular weight is 235 g/mol. The van der Waals surface area contributed by atoms with Crippen molar-refractivity contribution in [2.45, 2.75) is 13.8 Å². The summed E-state index contributed by atoms with van der Waals surface area (Å²) < 4.78 is 1.71. The van der Waals surface area contributed by atoms with E-state index in [0.717, 1.165) is 32.0 Å². The summed E-state index contributed by atoms with van der Waals surface area (Å²) in [5.74, 6) is 0.924. The highest BCUT2D eigenvalue weighted by Crippen LogP contribution is 2.11. The molecule has 0 bridgehead atoms. The van der Waals surface area contributed by atoms with Gasteiger partial charge >= 0.3 is 0 Å². The van der Waals surface area contributed by atoms with Crippen molar-refractivity contribution >= 4 is 11.5 Å². The number of rotatable bonds is 6. The molecule has 0 fully saturated rings. The molecule has 0 aliphatic rings. The van der Waals surface area contributed by atoms with E-state index >= 15 is 0 Å². The van der Waals surface area contributed by atoms with Crippen molar-refractivity contribution in [1.82, 2.24) is 30.3 Å². The van der Waals surface area contributed by atoms with Crippen LogP contribution in [0.3, 0.4) is 0 Å². The van der Waals surface area contributed by atoms with Gasteiger partial charge in [-0.25, -0.2) is 0 Å². The van der Waals surface area contributed by atoms with E-state index in [9.17, 15) is 0 Å². The van der Waals surface area contributed by atoms with E-state index in [4.69, 9.17) is 0 Å². The van der Waals surface area contributed by atoms with Crippen molar-refractivity contribution in [3.05, 3.63) is 12.4 Å². The van der Waals surface area contributed by atoms with Crippen molar-refractivity contribution in [1.29, 1.82) is 0 Å². The minimum Gasteiger partial charge on any atom is -0.354 e. The third-order valence-corrected chi connectivity index (χ3v) is 2.60. The summed E-state index contributed by atoms with van der Waals surface area (Å²) in [5.41, 5.74) is 0.671. The van der Waals surface area contributed by atoms with Gasteiger partial charge in [-0.05, 0) is 23.9 Å². The smallest absolute Gasteiger partial charge is 0.199 e. The van der Waals surface area contributed by atoms with E-state index < -0.39 is 0 Å². The first kappa shape index (κ1) is 11.7. The average Bonchev–Trinajstić information content (AvgIpc) is 2.83. The van der Waals surface area contributed by atoms with Crippen molar-refractivity contribution < 1.29 is 0 Å². The zero-order chi connectivity index (χ0) is 12.1. The Bertz CT molecular complexity index is 466. The fourth-order valence-corrected chi connectivity index (χ4v) is 1.70. The van der Waals surface area contributed by atoms with Crippen LogP contribution < -0.4 is 10.2 Å². The number of hydrogen-bond acceptors (Lipinski definition) is 6. The van der Waals surface area contributed by atoms with E-state index in [0.29, 0.717) is 5.65 Å². The second-order valence-corrected chi connectivity index (χ2v) is 3.65. The van der Waals surface area contributed by atoms with Crippen molar-refractivity contribution in [2.24, 2.45) is 0 Å². The first-order valence-electron chi connectivity index (χ1n) is 5.84. The number of nitrogens with one attached hydrogen (secondary N) is 1. The Morgan fingerprint density at radius 1 is 1.35 bits per heavy atom. The third kappa shape index (κ3) is 2.50. The van der Waals surface area contributed by atoms with Gasteiger partial charge in [0.1, 0.15) is 0 Å². The fraction of sp³-hybridized carbons (Fsp3) is 0.600. The molecule has 2 rings (SSSR count). The van der Waals surface area contributed by atoms with Gasteiger partial charge in [0, 0.05) is 19.6 Å². The highest BCUT2D eigenvalue weighted by atomic mass is 15.5. The number of nitrogens with zero attached hydrogens (tertiary/aromatic N) is 6. The van der Waals surface area contributed by atoms with Crippen molar-refractivity contribution in [3.63, 3.8) is 0 Å². The number of fused-ring (bicyclic) bond motifs is 1. The van der Waals surface area contributed by atoms with E-state index in [1.54, 1.807) is 16.9 Å². The Morgan fingerprint density at radius 2 is 2.24 bits per heavy atom. The molecule has 0 unspecified atom stereocenters. The Morgan fingerprint density at radius 3 is 3.00 bits per heavy atom. The highest BCUT2D eigenvalue weighted by Gasteiger charge is 2.10. The molecule has 0 aliphatic carbocycles. The lowest BCUT2D eigenvalue weighted by Crippen LogP contribution is -2.33. The van der Waals surface area contributed by atoms with Crippen LogP contribution in [-0.2, 0) is 0 Å². The summed E-state index contributed by atoms with van der Waals surface area (Å²) in [5, 5.41) is 14.8. The quantitative estimate of drug-likeness (QED) is 0.708. The summed E-state index contributed by atoms with van der Waals surface area (Å²) in [6.45, 7) is 7.92. The SMILES string of the molecule is CCNCCN(CC)c1cncc2nnnn12. The maximum Gasteiger partial charge on any atom is 0.199 e. The number of aromatic nitrogens is 5. The van der Waals surface area contributed by atoms with Crippen LogP contribution in [0.1, 0.15) is 13.8 Å². The number of likely N-dealkylation sites (N-methyl/N-ethyl adjacent to an activating group) is 2. The third-order valence-electron chi connectivity index (χ3n) is 2.60. The molecule has 0 aromatic carbocycles. The Labute approximate surface area is 99.8 Å². The van der Waals surface area contributed by atoms with E-state index in [1.165, 1.54) is 0 Å². The molecular formula is C10H17N7. The van der Waals surface area contributed by atoms with Gasteiger partial charge < -0.3 is 10.2 Å². The molecule has 0 spiro atoms. The van der Waals surface area contributed by atoms with Crippen LogP contribution in [0.2, 0.25) is 0 Å². The molecule has 0 aliphatic heterocycles. The van der Waals surface area contributed by atoms with E-state index in [-0.39, 0.29) is 0 Å². The fourth-order valence-electron chi connectivity index (χ4n) is 1.70. The van der Waals surface area contributed by atoms with E-state index in [1.807, 2.05) is 0 Å². The predicted molar refractivity (Wildman–Crippen MR) is 65.0 cm³/mol. The number of anilines is 1. The Balaban J connectivity index is 2.20. The summed E-state index contributed by atoms with van der Waals surface area (Å²) >= 11 is 0. The van der Waals surface area contributed by atoms with E-state index in [2.05, 4.69) is 44.6 Å². The molecule has 2 aromatic rings. The lowest BCUT2D eigenvalue weighted by molar-refractivity contribution is 0.672. The summed E-state index contributed by atoms with van der Waals surface area (Å²) in [7, 11) is 0. The van der Waals surface area contributed by atoms with Crippen LogP contribution in [0, 0.1) is 0 Å². The number of tetrazole rings is 1. The Hall–Kier alpha value is -1.76. The Kier molecular flexibility index (Phi) is 3.81. The normalized spacial score (nSPS) is 10.9. The number of hydrogen-bond donors (Lipinski definition) is 1. The molecule has 0 saturated heterocycles. The maximum absolute atomic E-state index is 4.16. The summed E-state index contributed by atoms with van der Waals surface area (Å²) in [6, 6.07) is 0. The van der Waals surface area contributed by atoms with Crippen LogP contribution in [0.4, 0.5) is 5.82 Å². The van der Waals surface area contributed by atoms with Gasteiger partial charge in [0.2, 0.25) is 0 Å². The molecule has 7 nitrogen and oxygen atoms in total. The summed E-state index contributed by atoms with van der Waals surface area (Å²) in [6.07, 6.45) is 3.44. The molecule has 17 heavy (non-hydrogen) atoms. The zero-order valence-corrected chi connectivity index (χ0v) is 10.2. The molecule has 92 valence electrons. The molecule has 0 radical (unpaired) electrons. The maximum atomic E-state index is 4.16. The van der Waals surface area contributed by atoms with Gasteiger partial charge in [0.05, 0.1) is 12.4 Å². The van der Waals surface area contributed by atoms with Gasteiger partial charge in [-0.15, -0.1) is 5.10 Å². The van der Waals surface area contributed by atoms with Gasteiger partial charge in [0.15, 0.2) is 11.5 Å². The monoisotopic (exact) mass is 235 g/mol. The summed E-state index contributed by atoms with van der Waals surface area (Å²) in [4.78, 5) is 6.35. The highest BCUT2D eigenvalue weighted by molar-refractivity contribution is 5.45. The second-order valence-electron chi connectivity index (χ2n) is 3.65. The largest absolute Gasteiger partial charge is 0.354 e.